The lowest BCUT2D eigenvalue weighted by Gasteiger charge is -2.16. The summed E-state index contributed by atoms with van der Waals surface area (Å²) in [5.74, 6) is 1.40. The molecule has 0 bridgehead atoms. The van der Waals surface area contributed by atoms with Crippen molar-refractivity contribution in [2.45, 2.75) is 6.92 Å². The number of hydrogen-bond donors (Lipinski definition) is 0. The van der Waals surface area contributed by atoms with Crippen LogP contribution in [-0.2, 0) is 0 Å². The van der Waals surface area contributed by atoms with Crippen molar-refractivity contribution in [2.75, 3.05) is 35.0 Å². The van der Waals surface area contributed by atoms with Gasteiger partial charge < -0.3 is 33.2 Å². The molecule has 0 atom stereocenters. The minimum absolute atomic E-state index is 0.0713. The SMILES string of the molecule is CCOc1cccc(/C=C2\Oc3cc(OC)ccc3C2=O)c1OC(=O)c1cc(OC)c(OC)c(OC)c1. The quantitative estimate of drug-likeness (QED) is 0.227. The van der Waals surface area contributed by atoms with Gasteiger partial charge in [0.15, 0.2) is 28.8 Å². The fourth-order valence-electron chi connectivity index (χ4n) is 3.81. The van der Waals surface area contributed by atoms with Crippen LogP contribution in [0.1, 0.15) is 33.2 Å². The van der Waals surface area contributed by atoms with E-state index in [9.17, 15) is 9.59 Å². The van der Waals surface area contributed by atoms with Gasteiger partial charge in [-0.15, -0.1) is 0 Å². The van der Waals surface area contributed by atoms with E-state index < -0.39 is 5.97 Å². The first-order valence-electron chi connectivity index (χ1n) is 11.3. The van der Waals surface area contributed by atoms with E-state index in [1.54, 1.807) is 36.4 Å². The fraction of sp³-hybridized carbons (Fsp3) is 0.214. The summed E-state index contributed by atoms with van der Waals surface area (Å²) in [5.41, 5.74) is 0.978. The molecule has 192 valence electrons. The second-order valence-electron chi connectivity index (χ2n) is 7.71. The van der Waals surface area contributed by atoms with Crippen molar-refractivity contribution in [2.24, 2.45) is 0 Å². The minimum atomic E-state index is -0.697. The van der Waals surface area contributed by atoms with Crippen LogP contribution in [-0.4, -0.2) is 46.8 Å². The number of ether oxygens (including phenoxy) is 7. The molecule has 9 heteroatoms. The number of carbonyl (C=O) groups excluding carboxylic acids is 2. The van der Waals surface area contributed by atoms with Gasteiger partial charge in [-0.3, -0.25) is 4.79 Å². The third-order valence-electron chi connectivity index (χ3n) is 5.57. The van der Waals surface area contributed by atoms with Crippen molar-refractivity contribution in [1.29, 1.82) is 0 Å². The summed E-state index contributed by atoms with van der Waals surface area (Å²) in [6, 6.07) is 13.0. The number of hydrogen-bond acceptors (Lipinski definition) is 9. The average Bonchev–Trinajstić information content (AvgIpc) is 3.23. The smallest absolute Gasteiger partial charge is 0.343 e. The second kappa shape index (κ2) is 10.9. The van der Waals surface area contributed by atoms with Gasteiger partial charge in [-0.2, -0.15) is 0 Å². The van der Waals surface area contributed by atoms with Crippen LogP contribution in [0.4, 0.5) is 0 Å². The van der Waals surface area contributed by atoms with E-state index in [0.29, 0.717) is 52.2 Å². The lowest BCUT2D eigenvalue weighted by Crippen LogP contribution is -2.12. The maximum absolute atomic E-state index is 13.2. The lowest BCUT2D eigenvalue weighted by atomic mass is 10.1. The van der Waals surface area contributed by atoms with Crippen molar-refractivity contribution in [3.63, 3.8) is 0 Å². The molecule has 3 aromatic rings. The van der Waals surface area contributed by atoms with Crippen LogP contribution in [0.5, 0.6) is 40.2 Å². The number of esters is 1. The highest BCUT2D eigenvalue weighted by molar-refractivity contribution is 6.14. The number of benzene rings is 3. The highest BCUT2D eigenvalue weighted by atomic mass is 16.6. The molecule has 4 rings (SSSR count). The van der Waals surface area contributed by atoms with E-state index in [2.05, 4.69) is 0 Å². The van der Waals surface area contributed by atoms with Gasteiger partial charge in [0.05, 0.1) is 46.2 Å². The maximum atomic E-state index is 13.2. The molecule has 0 fully saturated rings. The van der Waals surface area contributed by atoms with Crippen LogP contribution < -0.4 is 33.2 Å². The average molecular weight is 507 g/mol. The predicted octanol–water partition coefficient (Wildman–Crippen LogP) is 4.96. The Bertz CT molecular complexity index is 1350. The van der Waals surface area contributed by atoms with Crippen molar-refractivity contribution in [1.82, 2.24) is 0 Å². The first-order chi connectivity index (χ1) is 17.9. The number of carbonyl (C=O) groups is 2. The molecule has 0 saturated heterocycles. The molecule has 1 heterocycles. The monoisotopic (exact) mass is 506 g/mol. The topological polar surface area (TPSA) is 98.8 Å². The van der Waals surface area contributed by atoms with Gasteiger partial charge in [0.2, 0.25) is 11.5 Å². The summed E-state index contributed by atoms with van der Waals surface area (Å²) in [6.45, 7) is 2.14. The van der Waals surface area contributed by atoms with Crippen LogP contribution >= 0.6 is 0 Å². The highest BCUT2D eigenvalue weighted by Gasteiger charge is 2.29. The van der Waals surface area contributed by atoms with Crippen molar-refractivity contribution < 1.29 is 42.7 Å². The minimum Gasteiger partial charge on any atom is -0.497 e. The number of para-hydroxylation sites is 1. The van der Waals surface area contributed by atoms with E-state index in [1.807, 2.05) is 6.92 Å². The zero-order valence-electron chi connectivity index (χ0n) is 21.1. The molecule has 0 unspecified atom stereocenters. The summed E-state index contributed by atoms with van der Waals surface area (Å²) in [4.78, 5) is 26.2. The summed E-state index contributed by atoms with van der Waals surface area (Å²) in [6.07, 6.45) is 1.51. The molecule has 0 aromatic heterocycles. The Morgan fingerprint density at radius 3 is 2.22 bits per heavy atom. The first kappa shape index (κ1) is 25.4. The van der Waals surface area contributed by atoms with Crippen LogP contribution in [0.3, 0.4) is 0 Å². The van der Waals surface area contributed by atoms with Gasteiger partial charge in [-0.1, -0.05) is 12.1 Å². The van der Waals surface area contributed by atoms with Crippen LogP contribution in [0, 0.1) is 0 Å². The van der Waals surface area contributed by atoms with Crippen LogP contribution in [0.15, 0.2) is 54.3 Å². The van der Waals surface area contributed by atoms with E-state index in [1.165, 1.54) is 46.6 Å². The standard InChI is InChI=1S/C28H26O9/c1-6-35-20-9-7-8-16(12-22-25(29)19-11-10-18(31-2)15-21(19)36-22)26(20)37-28(30)17-13-23(32-3)27(34-5)24(14-17)33-4/h7-15H,6H2,1-5H3/b22-12-. The molecule has 9 nitrogen and oxygen atoms in total. The molecule has 0 radical (unpaired) electrons. The van der Waals surface area contributed by atoms with E-state index in [0.717, 1.165) is 0 Å². The van der Waals surface area contributed by atoms with Gasteiger partial charge in [0, 0.05) is 11.6 Å². The molecule has 3 aromatic carbocycles. The second-order valence-corrected chi connectivity index (χ2v) is 7.71. The maximum Gasteiger partial charge on any atom is 0.343 e. The Morgan fingerprint density at radius 1 is 0.865 bits per heavy atom. The predicted molar refractivity (Wildman–Crippen MR) is 135 cm³/mol. The molecule has 0 amide bonds. The van der Waals surface area contributed by atoms with Crippen molar-refractivity contribution >= 4 is 17.8 Å². The summed E-state index contributed by atoms with van der Waals surface area (Å²) >= 11 is 0. The van der Waals surface area contributed by atoms with Gasteiger partial charge >= 0.3 is 5.97 Å². The number of ketones is 1. The Balaban J connectivity index is 1.72. The first-order valence-corrected chi connectivity index (χ1v) is 11.3. The molecule has 1 aliphatic rings. The zero-order chi connectivity index (χ0) is 26.5. The molecule has 1 aliphatic heterocycles. The molecular weight excluding hydrogens is 480 g/mol. The molecule has 37 heavy (non-hydrogen) atoms. The fourth-order valence-corrected chi connectivity index (χ4v) is 3.81. The summed E-state index contributed by atoms with van der Waals surface area (Å²) in [5, 5.41) is 0. The third-order valence-corrected chi connectivity index (χ3v) is 5.57. The van der Waals surface area contributed by atoms with Gasteiger partial charge in [-0.25, -0.2) is 4.79 Å². The highest BCUT2D eigenvalue weighted by Crippen LogP contribution is 2.40. The van der Waals surface area contributed by atoms with E-state index in [4.69, 9.17) is 33.2 Å². The number of Topliss-reactive ketones (excluding diaryl/α,β-unsaturated/α-hetero) is 1. The lowest BCUT2D eigenvalue weighted by molar-refractivity contribution is 0.0727. The summed E-state index contributed by atoms with van der Waals surface area (Å²) < 4.78 is 38.5. The van der Waals surface area contributed by atoms with Crippen LogP contribution in [0.25, 0.3) is 6.08 Å². The number of rotatable bonds is 9. The largest absolute Gasteiger partial charge is 0.497 e. The van der Waals surface area contributed by atoms with Crippen LogP contribution in [0.2, 0.25) is 0 Å². The Kier molecular flexibility index (Phi) is 7.52. The molecular formula is C28H26O9. The normalized spacial score (nSPS) is 13.0. The molecule has 0 spiro atoms. The van der Waals surface area contributed by atoms with E-state index >= 15 is 0 Å². The third kappa shape index (κ3) is 5.02. The van der Waals surface area contributed by atoms with Gasteiger partial charge in [-0.05, 0) is 43.3 Å². The van der Waals surface area contributed by atoms with Gasteiger partial charge in [0.25, 0.3) is 0 Å². The Morgan fingerprint density at radius 2 is 1.59 bits per heavy atom. The van der Waals surface area contributed by atoms with Crippen molar-refractivity contribution in [3.8, 4) is 40.2 Å². The molecule has 0 aliphatic carbocycles. The number of methoxy groups -OCH3 is 4. The number of fused-ring (bicyclic) bond motifs is 1. The van der Waals surface area contributed by atoms with Crippen molar-refractivity contribution in [3.05, 3.63) is 71.0 Å². The Labute approximate surface area is 214 Å². The summed E-state index contributed by atoms with van der Waals surface area (Å²) in [7, 11) is 5.90. The number of allylic oxidation sites excluding steroid dienone is 1. The molecule has 0 saturated carbocycles. The Hall–Kier alpha value is -4.66. The zero-order valence-corrected chi connectivity index (χ0v) is 21.1. The van der Waals surface area contributed by atoms with E-state index in [-0.39, 0.29) is 22.9 Å². The van der Waals surface area contributed by atoms with Gasteiger partial charge in [0.1, 0.15) is 11.5 Å². The molecule has 0 N–H and O–H groups in total.